The van der Waals surface area contributed by atoms with E-state index in [0.717, 1.165) is 33.3 Å². The van der Waals surface area contributed by atoms with Gasteiger partial charge in [-0.15, -0.1) is 10.2 Å². The van der Waals surface area contributed by atoms with Crippen molar-refractivity contribution in [3.8, 4) is 0 Å². The predicted molar refractivity (Wildman–Crippen MR) is 86.3 cm³/mol. The van der Waals surface area contributed by atoms with E-state index in [4.69, 9.17) is 0 Å². The first-order valence-electron chi connectivity index (χ1n) is 6.25. The van der Waals surface area contributed by atoms with Gasteiger partial charge in [0.2, 0.25) is 0 Å². The Bertz CT molecular complexity index is 713. The third kappa shape index (κ3) is 2.96. The number of aromatic nitrogens is 3. The second-order valence-corrected chi connectivity index (χ2v) is 6.08. The molecule has 0 amide bonds. The minimum absolute atomic E-state index is 0.870. The summed E-state index contributed by atoms with van der Waals surface area (Å²) >= 11 is 5.22. The van der Waals surface area contributed by atoms with E-state index >= 15 is 0 Å². The summed E-state index contributed by atoms with van der Waals surface area (Å²) < 4.78 is 3.08. The Kier molecular flexibility index (Phi) is 4.22. The molecule has 0 aliphatic rings. The first-order valence-corrected chi connectivity index (χ1v) is 8.03. The molecule has 1 N–H and O–H groups in total. The van der Waals surface area contributed by atoms with Gasteiger partial charge in [0.15, 0.2) is 10.8 Å². The molecule has 0 saturated carbocycles. The third-order valence-corrected chi connectivity index (χ3v) is 4.44. The van der Waals surface area contributed by atoms with Crippen LogP contribution in [0.4, 0.5) is 5.69 Å². The molecule has 0 unspecified atom stereocenters. The van der Waals surface area contributed by atoms with E-state index in [-0.39, 0.29) is 0 Å². The fourth-order valence-corrected chi connectivity index (χ4v) is 3.05. The van der Waals surface area contributed by atoms with Gasteiger partial charge in [0.25, 0.3) is 0 Å². The highest BCUT2D eigenvalue weighted by Gasteiger charge is 2.04. The number of hydrogen-bond acceptors (Lipinski definition) is 4. The Morgan fingerprint density at radius 3 is 2.85 bits per heavy atom. The van der Waals surface area contributed by atoms with Crippen LogP contribution in [0.25, 0.3) is 5.65 Å². The van der Waals surface area contributed by atoms with E-state index in [1.54, 1.807) is 11.8 Å². The fraction of sp³-hybridized carbons (Fsp3) is 0.143. The molecule has 2 heterocycles. The SMILES string of the molecule is Brc1ccccc1NCCSc1nnc2ccccn12. The van der Waals surface area contributed by atoms with Gasteiger partial charge in [-0.1, -0.05) is 30.0 Å². The molecule has 2 aromatic heterocycles. The van der Waals surface area contributed by atoms with E-state index < -0.39 is 0 Å². The number of nitrogens with one attached hydrogen (secondary N) is 1. The van der Waals surface area contributed by atoms with Crippen LogP contribution in [0.2, 0.25) is 0 Å². The number of hydrogen-bond donors (Lipinski definition) is 1. The lowest BCUT2D eigenvalue weighted by Gasteiger charge is -2.07. The molecule has 4 nitrogen and oxygen atoms in total. The molecule has 1 aromatic carbocycles. The average molecular weight is 349 g/mol. The zero-order valence-corrected chi connectivity index (χ0v) is 13.1. The maximum atomic E-state index is 4.20. The standard InChI is InChI=1S/C14H13BrN4S/c15-11-5-1-2-6-12(11)16-8-10-20-14-18-17-13-7-3-4-9-19(13)14/h1-7,9,16H,8,10H2. The molecule has 3 rings (SSSR count). The lowest BCUT2D eigenvalue weighted by Crippen LogP contribution is -2.04. The lowest BCUT2D eigenvalue weighted by molar-refractivity contribution is 0.921. The van der Waals surface area contributed by atoms with Gasteiger partial charge in [0.05, 0.1) is 0 Å². The van der Waals surface area contributed by atoms with Gasteiger partial charge in [-0.05, 0) is 40.2 Å². The average Bonchev–Trinajstić information content (AvgIpc) is 2.89. The summed E-state index contributed by atoms with van der Waals surface area (Å²) in [4.78, 5) is 0. The van der Waals surface area contributed by atoms with Crippen molar-refractivity contribution in [2.45, 2.75) is 5.16 Å². The molecule has 3 aromatic rings. The van der Waals surface area contributed by atoms with Gasteiger partial charge >= 0.3 is 0 Å². The summed E-state index contributed by atoms with van der Waals surface area (Å²) in [5.41, 5.74) is 1.99. The van der Waals surface area contributed by atoms with Crippen molar-refractivity contribution in [3.63, 3.8) is 0 Å². The van der Waals surface area contributed by atoms with Crippen LogP contribution in [-0.4, -0.2) is 26.9 Å². The number of rotatable bonds is 5. The third-order valence-electron chi connectivity index (χ3n) is 2.80. The molecule has 6 heteroatoms. The normalized spacial score (nSPS) is 10.8. The maximum absolute atomic E-state index is 4.20. The van der Waals surface area contributed by atoms with Crippen LogP contribution in [0, 0.1) is 0 Å². The number of benzene rings is 1. The first-order chi connectivity index (χ1) is 9.84. The van der Waals surface area contributed by atoms with Crippen molar-refractivity contribution in [2.24, 2.45) is 0 Å². The molecule has 0 aliphatic heterocycles. The summed E-state index contributed by atoms with van der Waals surface area (Å²) in [5, 5.41) is 12.7. The van der Waals surface area contributed by atoms with E-state index in [0.29, 0.717) is 0 Å². The fourth-order valence-electron chi connectivity index (χ4n) is 1.85. The molecule has 0 aliphatic carbocycles. The minimum atomic E-state index is 0.870. The molecule has 0 bridgehead atoms. The van der Waals surface area contributed by atoms with Crippen molar-refractivity contribution in [3.05, 3.63) is 53.1 Å². The van der Waals surface area contributed by atoms with Crippen molar-refractivity contribution in [1.29, 1.82) is 0 Å². The van der Waals surface area contributed by atoms with Crippen LogP contribution in [0.3, 0.4) is 0 Å². The second kappa shape index (κ2) is 6.28. The van der Waals surface area contributed by atoms with Crippen molar-refractivity contribution in [1.82, 2.24) is 14.6 Å². The highest BCUT2D eigenvalue weighted by atomic mass is 79.9. The van der Waals surface area contributed by atoms with E-state index in [9.17, 15) is 0 Å². The number of pyridine rings is 1. The summed E-state index contributed by atoms with van der Waals surface area (Å²) in [6.45, 7) is 0.870. The Morgan fingerprint density at radius 1 is 1.10 bits per heavy atom. The molecular formula is C14H13BrN4S. The summed E-state index contributed by atoms with van der Waals surface area (Å²) in [7, 11) is 0. The zero-order valence-electron chi connectivity index (χ0n) is 10.7. The minimum Gasteiger partial charge on any atom is -0.383 e. The number of thioether (sulfide) groups is 1. The molecule has 20 heavy (non-hydrogen) atoms. The van der Waals surface area contributed by atoms with Crippen LogP contribution in [0.1, 0.15) is 0 Å². The predicted octanol–water partition coefficient (Wildman–Crippen LogP) is 3.70. The van der Waals surface area contributed by atoms with E-state index in [2.05, 4.69) is 37.5 Å². The number of para-hydroxylation sites is 1. The van der Waals surface area contributed by atoms with Gasteiger partial charge in [-0.2, -0.15) is 0 Å². The zero-order chi connectivity index (χ0) is 13.8. The lowest BCUT2D eigenvalue weighted by atomic mass is 10.3. The Labute approximate surface area is 129 Å². The van der Waals surface area contributed by atoms with Crippen molar-refractivity contribution < 1.29 is 0 Å². The Hall–Kier alpha value is -1.53. The van der Waals surface area contributed by atoms with Crippen LogP contribution < -0.4 is 5.32 Å². The van der Waals surface area contributed by atoms with Crippen molar-refractivity contribution in [2.75, 3.05) is 17.6 Å². The van der Waals surface area contributed by atoms with Crippen LogP contribution >= 0.6 is 27.7 Å². The molecule has 0 saturated heterocycles. The van der Waals surface area contributed by atoms with E-state index in [1.165, 1.54) is 0 Å². The topological polar surface area (TPSA) is 42.2 Å². The molecule has 0 fully saturated rings. The number of nitrogens with zero attached hydrogens (tertiary/aromatic N) is 3. The van der Waals surface area contributed by atoms with Gasteiger partial charge in [-0.3, -0.25) is 4.40 Å². The number of anilines is 1. The Morgan fingerprint density at radius 2 is 1.95 bits per heavy atom. The molecule has 0 radical (unpaired) electrons. The summed E-state index contributed by atoms with van der Waals surface area (Å²) in [5.74, 6) is 0.928. The van der Waals surface area contributed by atoms with Gasteiger partial charge in [0, 0.05) is 28.7 Å². The Balaban J connectivity index is 1.57. The number of halogens is 1. The van der Waals surface area contributed by atoms with Crippen LogP contribution in [0.5, 0.6) is 0 Å². The van der Waals surface area contributed by atoms with Gasteiger partial charge < -0.3 is 5.32 Å². The first kappa shape index (κ1) is 13.5. The van der Waals surface area contributed by atoms with Crippen LogP contribution in [0.15, 0.2) is 58.3 Å². The highest BCUT2D eigenvalue weighted by Crippen LogP contribution is 2.22. The van der Waals surface area contributed by atoms with Gasteiger partial charge in [0.1, 0.15) is 0 Å². The number of fused-ring (bicyclic) bond motifs is 1. The largest absolute Gasteiger partial charge is 0.383 e. The quantitative estimate of drug-likeness (QED) is 0.563. The smallest absolute Gasteiger partial charge is 0.195 e. The monoisotopic (exact) mass is 348 g/mol. The van der Waals surface area contributed by atoms with Crippen molar-refractivity contribution >= 4 is 39.0 Å². The summed E-state index contributed by atoms with van der Waals surface area (Å²) in [6.07, 6.45) is 1.98. The molecule has 0 atom stereocenters. The molecule has 0 spiro atoms. The highest BCUT2D eigenvalue weighted by molar-refractivity contribution is 9.10. The second-order valence-electron chi connectivity index (χ2n) is 4.17. The van der Waals surface area contributed by atoms with Crippen LogP contribution in [-0.2, 0) is 0 Å². The van der Waals surface area contributed by atoms with Gasteiger partial charge in [-0.25, -0.2) is 0 Å². The van der Waals surface area contributed by atoms with E-state index in [1.807, 2.05) is 47.0 Å². The molecular weight excluding hydrogens is 336 g/mol. The molecule has 102 valence electrons. The summed E-state index contributed by atoms with van der Waals surface area (Å²) in [6, 6.07) is 14.0. The maximum Gasteiger partial charge on any atom is 0.195 e.